The monoisotopic (exact) mass is 233 g/mol. The maximum absolute atomic E-state index is 11.2. The molecule has 0 spiro atoms. The highest BCUT2D eigenvalue weighted by molar-refractivity contribution is 6.31. The zero-order valence-corrected chi connectivity index (χ0v) is 9.17. The van der Waals surface area contributed by atoms with Gasteiger partial charge in [-0.05, 0) is 17.7 Å². The van der Waals surface area contributed by atoms with Crippen molar-refractivity contribution in [2.24, 2.45) is 0 Å². The number of aliphatic carboxylic acids is 1. The summed E-state index contributed by atoms with van der Waals surface area (Å²) in [6, 6.07) is 5.48. The van der Waals surface area contributed by atoms with E-state index in [1.165, 1.54) is 7.05 Å². The van der Waals surface area contributed by atoms with E-state index in [0.717, 1.165) is 21.5 Å². The summed E-state index contributed by atoms with van der Waals surface area (Å²) in [6.07, 6.45) is 1.58. The molecule has 6 heteroatoms. The van der Waals surface area contributed by atoms with Crippen LogP contribution >= 0.6 is 0 Å². The second-order valence-electron chi connectivity index (χ2n) is 3.72. The molecule has 17 heavy (non-hydrogen) atoms. The van der Waals surface area contributed by atoms with Crippen LogP contribution in [0.5, 0.6) is 0 Å². The number of aromatic amines is 1. The van der Waals surface area contributed by atoms with Crippen LogP contribution in [0.25, 0.3) is 11.0 Å². The Bertz CT molecular complexity index is 576. The summed E-state index contributed by atoms with van der Waals surface area (Å²) in [5, 5.41) is 8.56. The van der Waals surface area contributed by atoms with E-state index in [1.54, 1.807) is 6.33 Å². The lowest BCUT2D eigenvalue weighted by molar-refractivity contribution is -0.155. The molecule has 0 radical (unpaired) electrons. The molecule has 0 fully saturated rings. The van der Waals surface area contributed by atoms with Gasteiger partial charge in [0.05, 0.1) is 17.4 Å². The molecule has 2 rings (SSSR count). The number of aromatic nitrogens is 2. The summed E-state index contributed by atoms with van der Waals surface area (Å²) in [7, 11) is 1.45. The fourth-order valence-corrected chi connectivity index (χ4v) is 1.59. The third-order valence-corrected chi connectivity index (χ3v) is 2.43. The van der Waals surface area contributed by atoms with Crippen molar-refractivity contribution in [1.29, 1.82) is 0 Å². The number of imidazole rings is 1. The number of fused-ring (bicyclic) bond motifs is 1. The van der Waals surface area contributed by atoms with Gasteiger partial charge >= 0.3 is 11.9 Å². The maximum atomic E-state index is 11.2. The first kappa shape index (κ1) is 11.1. The van der Waals surface area contributed by atoms with E-state index in [0.29, 0.717) is 0 Å². The van der Waals surface area contributed by atoms with Crippen molar-refractivity contribution in [2.45, 2.75) is 6.54 Å². The maximum Gasteiger partial charge on any atom is 0.394 e. The summed E-state index contributed by atoms with van der Waals surface area (Å²) in [4.78, 5) is 29.8. The van der Waals surface area contributed by atoms with Crippen LogP contribution in [-0.4, -0.2) is 38.9 Å². The molecular formula is C11H11N3O3. The van der Waals surface area contributed by atoms with Crippen molar-refractivity contribution in [3.05, 3.63) is 30.1 Å². The third kappa shape index (κ3) is 2.25. The Balaban J connectivity index is 2.17. The van der Waals surface area contributed by atoms with Crippen LogP contribution in [0.3, 0.4) is 0 Å². The van der Waals surface area contributed by atoms with E-state index in [4.69, 9.17) is 5.11 Å². The van der Waals surface area contributed by atoms with E-state index in [-0.39, 0.29) is 6.54 Å². The fourth-order valence-electron chi connectivity index (χ4n) is 1.59. The fraction of sp³-hybridized carbons (Fsp3) is 0.182. The first-order valence-corrected chi connectivity index (χ1v) is 4.98. The lowest BCUT2D eigenvalue weighted by Crippen LogP contribution is -2.32. The van der Waals surface area contributed by atoms with Crippen molar-refractivity contribution < 1.29 is 14.7 Å². The molecule has 1 aromatic heterocycles. The van der Waals surface area contributed by atoms with Crippen LogP contribution < -0.4 is 0 Å². The van der Waals surface area contributed by atoms with Gasteiger partial charge in [-0.1, -0.05) is 6.07 Å². The standard InChI is InChI=1S/C11H11N3O3/c1-14(10(15)11(16)17)5-7-2-3-8-9(4-7)13-6-12-8/h2-4,6H,5H2,1H3,(H,12,13)(H,16,17). The van der Waals surface area contributed by atoms with Gasteiger partial charge in [0, 0.05) is 13.6 Å². The number of carbonyl (C=O) groups excluding carboxylic acids is 1. The Hall–Kier alpha value is -2.37. The lowest BCUT2D eigenvalue weighted by atomic mass is 10.2. The number of carboxylic acids is 1. The number of rotatable bonds is 2. The van der Waals surface area contributed by atoms with E-state index in [2.05, 4.69) is 9.97 Å². The molecule has 2 aromatic rings. The van der Waals surface area contributed by atoms with Crippen molar-refractivity contribution in [3.8, 4) is 0 Å². The van der Waals surface area contributed by atoms with Gasteiger partial charge in [-0.15, -0.1) is 0 Å². The minimum Gasteiger partial charge on any atom is -0.474 e. The summed E-state index contributed by atoms with van der Waals surface area (Å²) >= 11 is 0. The van der Waals surface area contributed by atoms with Crippen molar-refractivity contribution in [3.63, 3.8) is 0 Å². The molecule has 1 aromatic carbocycles. The van der Waals surface area contributed by atoms with Crippen molar-refractivity contribution in [1.82, 2.24) is 14.9 Å². The smallest absolute Gasteiger partial charge is 0.394 e. The molecule has 1 heterocycles. The molecule has 0 bridgehead atoms. The van der Waals surface area contributed by atoms with Crippen LogP contribution in [0.2, 0.25) is 0 Å². The molecule has 2 N–H and O–H groups in total. The molecule has 0 saturated heterocycles. The Morgan fingerprint density at radius 3 is 2.94 bits per heavy atom. The van der Waals surface area contributed by atoms with E-state index in [1.807, 2.05) is 18.2 Å². The van der Waals surface area contributed by atoms with Crippen LogP contribution in [-0.2, 0) is 16.1 Å². The van der Waals surface area contributed by atoms with E-state index >= 15 is 0 Å². The van der Waals surface area contributed by atoms with E-state index < -0.39 is 11.9 Å². The van der Waals surface area contributed by atoms with Gasteiger partial charge in [0.2, 0.25) is 0 Å². The third-order valence-electron chi connectivity index (χ3n) is 2.43. The zero-order chi connectivity index (χ0) is 12.4. The Morgan fingerprint density at radius 1 is 1.47 bits per heavy atom. The number of H-pyrrole nitrogens is 1. The molecule has 0 aliphatic rings. The van der Waals surface area contributed by atoms with Crippen LogP contribution in [0.15, 0.2) is 24.5 Å². The average molecular weight is 233 g/mol. The van der Waals surface area contributed by atoms with Gasteiger partial charge in [0.1, 0.15) is 0 Å². The van der Waals surface area contributed by atoms with Gasteiger partial charge < -0.3 is 15.0 Å². The molecule has 88 valence electrons. The predicted octanol–water partition coefficient (Wildman–Crippen LogP) is 0.606. The van der Waals surface area contributed by atoms with Crippen molar-refractivity contribution in [2.75, 3.05) is 7.05 Å². The van der Waals surface area contributed by atoms with Crippen LogP contribution in [0.4, 0.5) is 0 Å². The average Bonchev–Trinajstić information content (AvgIpc) is 2.74. The molecule has 1 amide bonds. The molecule has 0 aliphatic heterocycles. The molecule has 0 atom stereocenters. The largest absolute Gasteiger partial charge is 0.474 e. The summed E-state index contributed by atoms with van der Waals surface area (Å²) in [5.74, 6) is -2.37. The molecular weight excluding hydrogens is 222 g/mol. The van der Waals surface area contributed by atoms with Crippen LogP contribution in [0, 0.1) is 0 Å². The minimum absolute atomic E-state index is 0.250. The number of carboxylic acid groups (broad SMARTS) is 1. The molecule has 0 saturated carbocycles. The number of amides is 1. The zero-order valence-electron chi connectivity index (χ0n) is 9.17. The number of likely N-dealkylation sites (N-methyl/N-ethyl adjacent to an activating group) is 1. The van der Waals surface area contributed by atoms with Gasteiger partial charge in [-0.2, -0.15) is 0 Å². The summed E-state index contributed by atoms with van der Waals surface area (Å²) < 4.78 is 0. The number of nitrogens with one attached hydrogen (secondary N) is 1. The minimum atomic E-state index is -1.45. The molecule has 6 nitrogen and oxygen atoms in total. The second kappa shape index (κ2) is 4.25. The molecule has 0 unspecified atom stereocenters. The van der Waals surface area contributed by atoms with Gasteiger partial charge in [-0.25, -0.2) is 9.78 Å². The van der Waals surface area contributed by atoms with Gasteiger partial charge in [0.25, 0.3) is 0 Å². The number of carbonyl (C=O) groups is 2. The Labute approximate surface area is 96.9 Å². The SMILES string of the molecule is CN(Cc1ccc2nc[nH]c2c1)C(=O)C(=O)O. The topological polar surface area (TPSA) is 86.3 Å². The van der Waals surface area contributed by atoms with Crippen molar-refractivity contribution >= 4 is 22.9 Å². The second-order valence-corrected chi connectivity index (χ2v) is 3.72. The normalized spacial score (nSPS) is 10.4. The first-order chi connectivity index (χ1) is 8.08. The van der Waals surface area contributed by atoms with E-state index in [9.17, 15) is 9.59 Å². The highest BCUT2D eigenvalue weighted by atomic mass is 16.4. The number of nitrogens with zero attached hydrogens (tertiary/aromatic N) is 2. The first-order valence-electron chi connectivity index (χ1n) is 4.98. The quantitative estimate of drug-likeness (QED) is 0.744. The lowest BCUT2D eigenvalue weighted by Gasteiger charge is -2.14. The Morgan fingerprint density at radius 2 is 2.24 bits per heavy atom. The Kier molecular flexibility index (Phi) is 2.78. The van der Waals surface area contributed by atoms with Gasteiger partial charge in [0.15, 0.2) is 0 Å². The van der Waals surface area contributed by atoms with Crippen LogP contribution in [0.1, 0.15) is 5.56 Å². The summed E-state index contributed by atoms with van der Waals surface area (Å²) in [6.45, 7) is 0.250. The molecule has 0 aliphatic carbocycles. The number of benzene rings is 1. The highest BCUT2D eigenvalue weighted by Gasteiger charge is 2.17. The number of hydrogen-bond acceptors (Lipinski definition) is 3. The predicted molar refractivity (Wildman–Crippen MR) is 60.2 cm³/mol. The summed E-state index contributed by atoms with van der Waals surface area (Å²) in [5.41, 5.74) is 2.54. The highest BCUT2D eigenvalue weighted by Crippen LogP contribution is 2.12. The number of hydrogen-bond donors (Lipinski definition) is 2. The van der Waals surface area contributed by atoms with Gasteiger partial charge in [-0.3, -0.25) is 4.79 Å².